The molecule has 0 saturated carbocycles. The summed E-state index contributed by atoms with van der Waals surface area (Å²) < 4.78 is 9.79. The first-order valence-electron chi connectivity index (χ1n) is 4.98. The van der Waals surface area contributed by atoms with Crippen molar-refractivity contribution in [2.75, 3.05) is 32.9 Å². The maximum atomic E-state index is 11.4. The highest BCUT2D eigenvalue weighted by atomic mass is 16.5. The van der Waals surface area contributed by atoms with Gasteiger partial charge < -0.3 is 20.1 Å². The zero-order chi connectivity index (χ0) is 11.1. The number of carbonyl (C=O) groups is 2. The molecule has 1 saturated heterocycles. The highest BCUT2D eigenvalue weighted by molar-refractivity contribution is 5.85. The minimum atomic E-state index is -0.428. The molecule has 2 N–H and O–H groups in total. The predicted octanol–water partition coefficient (Wildman–Crippen LogP) is -1.35. The van der Waals surface area contributed by atoms with Gasteiger partial charge in [-0.1, -0.05) is 0 Å². The normalized spacial score (nSPS) is 20.7. The van der Waals surface area contributed by atoms with Gasteiger partial charge in [-0.2, -0.15) is 0 Å². The van der Waals surface area contributed by atoms with Crippen LogP contribution in [-0.4, -0.2) is 50.8 Å². The summed E-state index contributed by atoms with van der Waals surface area (Å²) in [4.78, 5) is 22.4. The van der Waals surface area contributed by atoms with E-state index in [1.807, 2.05) is 0 Å². The monoisotopic (exact) mass is 216 g/mol. The van der Waals surface area contributed by atoms with E-state index in [0.29, 0.717) is 26.4 Å². The number of amides is 1. The van der Waals surface area contributed by atoms with Crippen LogP contribution in [0.3, 0.4) is 0 Å². The van der Waals surface area contributed by atoms with Crippen LogP contribution in [0.5, 0.6) is 0 Å². The second-order valence-corrected chi connectivity index (χ2v) is 3.10. The molecule has 1 aliphatic heterocycles. The molecule has 6 nitrogen and oxygen atoms in total. The molecule has 1 rings (SSSR count). The average Bonchev–Trinajstić information content (AvgIpc) is 2.27. The van der Waals surface area contributed by atoms with Gasteiger partial charge in [0.2, 0.25) is 5.91 Å². The molecule has 0 aliphatic carbocycles. The SMILES string of the molecule is CCOC(=O)CNC(=O)C1COCCN1. The fourth-order valence-electron chi connectivity index (χ4n) is 1.23. The summed E-state index contributed by atoms with van der Waals surface area (Å²) in [5.41, 5.74) is 0. The molecule has 0 aromatic carbocycles. The first-order chi connectivity index (χ1) is 7.24. The van der Waals surface area contributed by atoms with Crippen LogP contribution in [-0.2, 0) is 19.1 Å². The van der Waals surface area contributed by atoms with Crippen LogP contribution < -0.4 is 10.6 Å². The molecule has 1 heterocycles. The van der Waals surface area contributed by atoms with Gasteiger partial charge in [0.25, 0.3) is 0 Å². The first kappa shape index (κ1) is 11.9. The summed E-state index contributed by atoms with van der Waals surface area (Å²) in [6.45, 7) is 3.55. The van der Waals surface area contributed by atoms with Crippen molar-refractivity contribution in [3.8, 4) is 0 Å². The van der Waals surface area contributed by atoms with E-state index in [2.05, 4.69) is 15.4 Å². The molecule has 1 unspecified atom stereocenters. The summed E-state index contributed by atoms with van der Waals surface area (Å²) in [6.07, 6.45) is 0. The summed E-state index contributed by atoms with van der Waals surface area (Å²) >= 11 is 0. The van der Waals surface area contributed by atoms with Gasteiger partial charge in [-0.05, 0) is 6.92 Å². The molecular weight excluding hydrogens is 200 g/mol. The molecular formula is C9H16N2O4. The number of rotatable bonds is 4. The third-order valence-electron chi connectivity index (χ3n) is 1.95. The maximum absolute atomic E-state index is 11.4. The lowest BCUT2D eigenvalue weighted by Gasteiger charge is -2.22. The second kappa shape index (κ2) is 6.36. The van der Waals surface area contributed by atoms with E-state index in [1.165, 1.54) is 0 Å². The molecule has 1 aliphatic rings. The van der Waals surface area contributed by atoms with Gasteiger partial charge in [-0.25, -0.2) is 0 Å². The van der Waals surface area contributed by atoms with E-state index < -0.39 is 5.97 Å². The Morgan fingerprint density at radius 3 is 3.00 bits per heavy atom. The molecule has 86 valence electrons. The number of hydrogen-bond donors (Lipinski definition) is 2. The molecule has 15 heavy (non-hydrogen) atoms. The van der Waals surface area contributed by atoms with E-state index >= 15 is 0 Å². The Labute approximate surface area is 88.3 Å². The average molecular weight is 216 g/mol. The van der Waals surface area contributed by atoms with Crippen molar-refractivity contribution in [3.63, 3.8) is 0 Å². The summed E-state index contributed by atoms with van der Waals surface area (Å²) in [6, 6.07) is -0.367. The molecule has 0 aromatic heterocycles. The predicted molar refractivity (Wildman–Crippen MR) is 52.3 cm³/mol. The molecule has 0 spiro atoms. The quantitative estimate of drug-likeness (QED) is 0.568. The van der Waals surface area contributed by atoms with E-state index in [-0.39, 0.29) is 18.5 Å². The molecule has 1 amide bonds. The topological polar surface area (TPSA) is 76.7 Å². The number of carbonyl (C=O) groups excluding carboxylic acids is 2. The van der Waals surface area contributed by atoms with Gasteiger partial charge in [0.05, 0.1) is 19.8 Å². The van der Waals surface area contributed by atoms with E-state index in [1.54, 1.807) is 6.92 Å². The van der Waals surface area contributed by atoms with Crippen LogP contribution in [0.4, 0.5) is 0 Å². The van der Waals surface area contributed by atoms with Crippen molar-refractivity contribution in [1.82, 2.24) is 10.6 Å². The van der Waals surface area contributed by atoms with Crippen LogP contribution in [0.25, 0.3) is 0 Å². The minimum Gasteiger partial charge on any atom is -0.465 e. The number of hydrogen-bond acceptors (Lipinski definition) is 5. The third kappa shape index (κ3) is 4.26. The molecule has 0 radical (unpaired) electrons. The van der Waals surface area contributed by atoms with E-state index in [4.69, 9.17) is 4.74 Å². The number of nitrogens with one attached hydrogen (secondary N) is 2. The van der Waals surface area contributed by atoms with E-state index in [9.17, 15) is 9.59 Å². The maximum Gasteiger partial charge on any atom is 0.325 e. The lowest BCUT2D eigenvalue weighted by Crippen LogP contribution is -2.52. The van der Waals surface area contributed by atoms with Gasteiger partial charge in [0.15, 0.2) is 0 Å². The Hall–Kier alpha value is -1.14. The summed E-state index contributed by atoms with van der Waals surface area (Å²) in [5.74, 6) is -0.662. The van der Waals surface area contributed by atoms with Gasteiger partial charge >= 0.3 is 5.97 Å². The van der Waals surface area contributed by atoms with E-state index in [0.717, 1.165) is 0 Å². The first-order valence-corrected chi connectivity index (χ1v) is 4.98. The highest BCUT2D eigenvalue weighted by Crippen LogP contribution is 1.92. The summed E-state index contributed by atoms with van der Waals surface area (Å²) in [7, 11) is 0. The lowest BCUT2D eigenvalue weighted by molar-refractivity contribution is -0.143. The minimum absolute atomic E-state index is 0.0924. The second-order valence-electron chi connectivity index (χ2n) is 3.10. The van der Waals surface area contributed by atoms with Gasteiger partial charge in [-0.3, -0.25) is 9.59 Å². The molecule has 1 fully saturated rings. The van der Waals surface area contributed by atoms with Crippen molar-refractivity contribution in [3.05, 3.63) is 0 Å². The zero-order valence-electron chi connectivity index (χ0n) is 8.75. The van der Waals surface area contributed by atoms with Crippen LogP contribution in [0.1, 0.15) is 6.92 Å². The van der Waals surface area contributed by atoms with Crippen LogP contribution in [0, 0.1) is 0 Å². The Balaban J connectivity index is 2.19. The third-order valence-corrected chi connectivity index (χ3v) is 1.95. The standard InChI is InChI=1S/C9H16N2O4/c1-2-15-8(12)5-11-9(13)7-6-14-4-3-10-7/h7,10H,2-6H2,1H3,(H,11,13). The largest absolute Gasteiger partial charge is 0.465 e. The van der Waals surface area contributed by atoms with Crippen molar-refractivity contribution in [2.45, 2.75) is 13.0 Å². The van der Waals surface area contributed by atoms with Crippen LogP contribution in [0.2, 0.25) is 0 Å². The Bertz CT molecular complexity index is 226. The molecule has 1 atom stereocenters. The summed E-state index contributed by atoms with van der Waals surface area (Å²) in [5, 5.41) is 5.47. The van der Waals surface area contributed by atoms with Crippen LogP contribution >= 0.6 is 0 Å². The van der Waals surface area contributed by atoms with Gasteiger partial charge in [0, 0.05) is 6.54 Å². The van der Waals surface area contributed by atoms with Crippen molar-refractivity contribution in [2.24, 2.45) is 0 Å². The number of morpholine rings is 1. The zero-order valence-corrected chi connectivity index (χ0v) is 8.75. The molecule has 6 heteroatoms. The van der Waals surface area contributed by atoms with Crippen LogP contribution in [0.15, 0.2) is 0 Å². The fraction of sp³-hybridized carbons (Fsp3) is 0.778. The van der Waals surface area contributed by atoms with Gasteiger partial charge in [-0.15, -0.1) is 0 Å². The smallest absolute Gasteiger partial charge is 0.325 e. The van der Waals surface area contributed by atoms with Gasteiger partial charge in [0.1, 0.15) is 12.6 Å². The Morgan fingerprint density at radius 1 is 1.60 bits per heavy atom. The van der Waals surface area contributed by atoms with Crippen molar-refractivity contribution < 1.29 is 19.1 Å². The molecule has 0 aromatic rings. The Morgan fingerprint density at radius 2 is 2.40 bits per heavy atom. The molecule has 0 bridgehead atoms. The highest BCUT2D eigenvalue weighted by Gasteiger charge is 2.21. The lowest BCUT2D eigenvalue weighted by atomic mass is 10.2. The van der Waals surface area contributed by atoms with Crippen molar-refractivity contribution in [1.29, 1.82) is 0 Å². The fourth-order valence-corrected chi connectivity index (χ4v) is 1.23. The van der Waals surface area contributed by atoms with Crippen molar-refractivity contribution >= 4 is 11.9 Å². The Kier molecular flexibility index (Phi) is 5.06. The number of esters is 1. The number of ether oxygens (including phenoxy) is 2.